The lowest BCUT2D eigenvalue weighted by Gasteiger charge is -2.19. The van der Waals surface area contributed by atoms with Crippen LogP contribution in [0.5, 0.6) is 0 Å². The average Bonchev–Trinajstić information content (AvgIpc) is 2.77. The number of carbonyl (C=O) groups is 1. The highest BCUT2D eigenvalue weighted by molar-refractivity contribution is 6.32. The van der Waals surface area contributed by atoms with E-state index in [0.717, 1.165) is 13.0 Å². The quantitative estimate of drug-likeness (QED) is 0.534. The van der Waals surface area contributed by atoms with Gasteiger partial charge in [0.2, 0.25) is 11.9 Å². The molecular weight excluding hydrogens is 256 g/mol. The number of hydrazine groups is 1. The molecule has 0 spiro atoms. The standard InChI is InChI=1S/C10H15ClN6O/c1-6(18)14-7-2-3-17(5-7)9-8(11)4-13-10(15-9)16-12/h4,7H,2-3,5,12H2,1H3,(H,14,18)(H,13,15,16). The maximum atomic E-state index is 11.0. The summed E-state index contributed by atoms with van der Waals surface area (Å²) in [5.74, 6) is 6.19. The molecule has 4 N–H and O–H groups in total. The van der Waals surface area contributed by atoms with Gasteiger partial charge in [-0.05, 0) is 6.42 Å². The number of nitrogens with two attached hydrogens (primary N) is 1. The topological polar surface area (TPSA) is 96.2 Å². The first kappa shape index (κ1) is 12.8. The maximum Gasteiger partial charge on any atom is 0.239 e. The second-order valence-corrected chi connectivity index (χ2v) is 4.55. The molecule has 2 heterocycles. The molecule has 7 nitrogen and oxygen atoms in total. The van der Waals surface area contributed by atoms with Crippen molar-refractivity contribution in [1.82, 2.24) is 15.3 Å². The summed E-state index contributed by atoms with van der Waals surface area (Å²) < 4.78 is 0. The first-order valence-electron chi connectivity index (χ1n) is 5.61. The van der Waals surface area contributed by atoms with Crippen LogP contribution < -0.4 is 21.5 Å². The van der Waals surface area contributed by atoms with Gasteiger partial charge < -0.3 is 10.2 Å². The van der Waals surface area contributed by atoms with Crippen LogP contribution in [0, 0.1) is 0 Å². The van der Waals surface area contributed by atoms with Crippen molar-refractivity contribution in [3.05, 3.63) is 11.2 Å². The summed E-state index contributed by atoms with van der Waals surface area (Å²) in [5.41, 5.74) is 2.38. The van der Waals surface area contributed by atoms with Gasteiger partial charge in [-0.2, -0.15) is 4.98 Å². The van der Waals surface area contributed by atoms with E-state index < -0.39 is 0 Å². The number of nitrogens with one attached hydrogen (secondary N) is 2. The van der Waals surface area contributed by atoms with Crippen molar-refractivity contribution in [2.45, 2.75) is 19.4 Å². The molecular formula is C10H15ClN6O. The van der Waals surface area contributed by atoms with E-state index in [4.69, 9.17) is 17.4 Å². The number of carbonyl (C=O) groups excluding carboxylic acids is 1. The van der Waals surface area contributed by atoms with E-state index in [-0.39, 0.29) is 11.9 Å². The van der Waals surface area contributed by atoms with Crippen LogP contribution in [0.1, 0.15) is 13.3 Å². The van der Waals surface area contributed by atoms with E-state index in [1.165, 1.54) is 13.1 Å². The van der Waals surface area contributed by atoms with Crippen molar-refractivity contribution >= 4 is 29.3 Å². The van der Waals surface area contributed by atoms with Crippen molar-refractivity contribution in [2.75, 3.05) is 23.4 Å². The van der Waals surface area contributed by atoms with Crippen LogP contribution in [0.3, 0.4) is 0 Å². The van der Waals surface area contributed by atoms with Gasteiger partial charge in [0.25, 0.3) is 0 Å². The van der Waals surface area contributed by atoms with Crippen molar-refractivity contribution in [2.24, 2.45) is 5.84 Å². The fourth-order valence-electron chi connectivity index (χ4n) is 2.01. The Balaban J connectivity index is 2.11. The largest absolute Gasteiger partial charge is 0.353 e. The number of rotatable bonds is 3. The van der Waals surface area contributed by atoms with Crippen molar-refractivity contribution in [1.29, 1.82) is 0 Å². The lowest BCUT2D eigenvalue weighted by Crippen LogP contribution is -2.35. The summed E-state index contributed by atoms with van der Waals surface area (Å²) in [6.45, 7) is 2.97. The van der Waals surface area contributed by atoms with Crippen LogP contribution in [-0.4, -0.2) is 35.0 Å². The molecule has 0 saturated carbocycles. The molecule has 0 radical (unpaired) electrons. The lowest BCUT2D eigenvalue weighted by molar-refractivity contribution is -0.119. The van der Waals surface area contributed by atoms with Crippen LogP contribution in [-0.2, 0) is 4.79 Å². The van der Waals surface area contributed by atoms with E-state index in [0.29, 0.717) is 23.3 Å². The number of hydrogen-bond acceptors (Lipinski definition) is 6. The van der Waals surface area contributed by atoms with E-state index in [1.54, 1.807) is 0 Å². The first-order chi connectivity index (χ1) is 8.60. The third kappa shape index (κ3) is 2.80. The summed E-state index contributed by atoms with van der Waals surface area (Å²) >= 11 is 6.06. The van der Waals surface area contributed by atoms with Gasteiger partial charge in [0, 0.05) is 26.1 Å². The highest BCUT2D eigenvalue weighted by Gasteiger charge is 2.25. The molecule has 1 aliphatic heterocycles. The highest BCUT2D eigenvalue weighted by atomic mass is 35.5. The van der Waals surface area contributed by atoms with Crippen molar-refractivity contribution < 1.29 is 4.79 Å². The zero-order valence-electron chi connectivity index (χ0n) is 9.98. The van der Waals surface area contributed by atoms with E-state index in [2.05, 4.69) is 20.7 Å². The molecule has 1 atom stereocenters. The molecule has 8 heteroatoms. The van der Waals surface area contributed by atoms with Gasteiger partial charge in [-0.3, -0.25) is 10.2 Å². The Morgan fingerprint density at radius 1 is 1.67 bits per heavy atom. The zero-order valence-corrected chi connectivity index (χ0v) is 10.7. The molecule has 1 saturated heterocycles. The van der Waals surface area contributed by atoms with Gasteiger partial charge in [-0.25, -0.2) is 10.8 Å². The number of nitrogens with zero attached hydrogens (tertiary/aromatic N) is 3. The molecule has 0 bridgehead atoms. The summed E-state index contributed by atoms with van der Waals surface area (Å²) in [6, 6.07) is 0.128. The van der Waals surface area contributed by atoms with E-state index in [9.17, 15) is 4.79 Å². The number of anilines is 2. The fourth-order valence-corrected chi connectivity index (χ4v) is 2.22. The molecule has 1 aromatic rings. The van der Waals surface area contributed by atoms with Gasteiger partial charge in [0.15, 0.2) is 5.82 Å². The molecule has 1 amide bonds. The SMILES string of the molecule is CC(=O)NC1CCN(c2nc(NN)ncc2Cl)C1. The Bertz CT molecular complexity index is 454. The lowest BCUT2D eigenvalue weighted by atomic mass is 10.3. The molecule has 1 aliphatic rings. The number of hydrogen-bond donors (Lipinski definition) is 3. The van der Waals surface area contributed by atoms with Gasteiger partial charge >= 0.3 is 0 Å². The van der Waals surface area contributed by atoms with Gasteiger partial charge in [-0.1, -0.05) is 11.6 Å². The predicted molar refractivity (Wildman–Crippen MR) is 69.3 cm³/mol. The average molecular weight is 271 g/mol. The van der Waals surface area contributed by atoms with E-state index in [1.807, 2.05) is 4.90 Å². The van der Waals surface area contributed by atoms with Crippen LogP contribution in [0.2, 0.25) is 5.02 Å². The summed E-state index contributed by atoms with van der Waals surface area (Å²) in [7, 11) is 0. The zero-order chi connectivity index (χ0) is 13.1. The number of nitrogen functional groups attached to an aromatic ring is 1. The summed E-state index contributed by atoms with van der Waals surface area (Å²) in [5, 5.41) is 3.35. The molecule has 1 aromatic heterocycles. The predicted octanol–water partition coefficient (Wildman–Crippen LogP) is 0.130. The Labute approximate surface area is 110 Å². The summed E-state index contributed by atoms with van der Waals surface area (Å²) in [6.07, 6.45) is 2.37. The third-order valence-electron chi connectivity index (χ3n) is 2.75. The molecule has 1 fully saturated rings. The number of amides is 1. The minimum absolute atomic E-state index is 0.0278. The molecule has 0 aliphatic carbocycles. The number of halogens is 1. The van der Waals surface area contributed by atoms with Crippen LogP contribution >= 0.6 is 11.6 Å². The molecule has 98 valence electrons. The molecule has 1 unspecified atom stereocenters. The van der Waals surface area contributed by atoms with Gasteiger partial charge in [0.05, 0.1) is 6.20 Å². The van der Waals surface area contributed by atoms with Crippen LogP contribution in [0.15, 0.2) is 6.20 Å². The minimum Gasteiger partial charge on any atom is -0.353 e. The number of aromatic nitrogens is 2. The Kier molecular flexibility index (Phi) is 3.83. The Hall–Kier alpha value is -1.60. The van der Waals surface area contributed by atoms with E-state index >= 15 is 0 Å². The fraction of sp³-hybridized carbons (Fsp3) is 0.500. The van der Waals surface area contributed by atoms with Crippen molar-refractivity contribution in [3.8, 4) is 0 Å². The smallest absolute Gasteiger partial charge is 0.239 e. The first-order valence-corrected chi connectivity index (χ1v) is 5.99. The van der Waals surface area contributed by atoms with Gasteiger partial charge in [0.1, 0.15) is 5.02 Å². The second kappa shape index (κ2) is 5.36. The second-order valence-electron chi connectivity index (χ2n) is 4.14. The van der Waals surface area contributed by atoms with Crippen LogP contribution in [0.4, 0.5) is 11.8 Å². The third-order valence-corrected chi connectivity index (χ3v) is 3.02. The van der Waals surface area contributed by atoms with Crippen LogP contribution in [0.25, 0.3) is 0 Å². The Morgan fingerprint density at radius 2 is 2.44 bits per heavy atom. The molecule has 0 aromatic carbocycles. The molecule has 18 heavy (non-hydrogen) atoms. The molecule has 2 rings (SSSR count). The monoisotopic (exact) mass is 270 g/mol. The minimum atomic E-state index is -0.0278. The Morgan fingerprint density at radius 3 is 3.11 bits per heavy atom. The van der Waals surface area contributed by atoms with Gasteiger partial charge in [-0.15, -0.1) is 0 Å². The normalized spacial score (nSPS) is 18.8. The highest BCUT2D eigenvalue weighted by Crippen LogP contribution is 2.26. The maximum absolute atomic E-state index is 11.0. The summed E-state index contributed by atoms with van der Waals surface area (Å²) in [4.78, 5) is 21.1. The van der Waals surface area contributed by atoms with Crippen molar-refractivity contribution in [3.63, 3.8) is 0 Å².